The van der Waals surface area contributed by atoms with Gasteiger partial charge >= 0.3 is 0 Å². The number of hydrogen-bond donors (Lipinski definition) is 0. The first kappa shape index (κ1) is 11.4. The molecule has 0 amide bonds. The van der Waals surface area contributed by atoms with Crippen LogP contribution in [0.4, 0.5) is 0 Å². The van der Waals surface area contributed by atoms with Crippen LogP contribution in [-0.2, 0) is 0 Å². The lowest BCUT2D eigenvalue weighted by Gasteiger charge is -2.14. The molecule has 0 N–H and O–H groups in total. The SMILES string of the molecule is CC.CCC1=Cc2ncc(C)cc2C2CC12. The van der Waals surface area contributed by atoms with Crippen LogP contribution in [0, 0.1) is 12.8 Å². The van der Waals surface area contributed by atoms with E-state index in [1.54, 1.807) is 5.57 Å². The Bertz CT molecular complexity index is 417. The Labute approximate surface area is 98.6 Å². The van der Waals surface area contributed by atoms with E-state index in [9.17, 15) is 0 Å². The molecule has 0 aromatic carbocycles. The van der Waals surface area contributed by atoms with Crippen molar-refractivity contribution in [1.82, 2.24) is 4.98 Å². The van der Waals surface area contributed by atoms with E-state index < -0.39 is 0 Å². The van der Waals surface area contributed by atoms with Crippen LogP contribution in [0.5, 0.6) is 0 Å². The fourth-order valence-corrected chi connectivity index (χ4v) is 2.62. The molecule has 1 fully saturated rings. The van der Waals surface area contributed by atoms with Crippen LogP contribution in [0.2, 0.25) is 0 Å². The molecule has 1 aromatic rings. The first-order valence-electron chi connectivity index (χ1n) is 6.46. The smallest absolute Gasteiger partial charge is 0.0664 e. The molecule has 0 spiro atoms. The van der Waals surface area contributed by atoms with Crippen molar-refractivity contribution in [3.8, 4) is 0 Å². The Morgan fingerprint density at radius 3 is 2.75 bits per heavy atom. The Morgan fingerprint density at radius 2 is 2.06 bits per heavy atom. The van der Waals surface area contributed by atoms with Crippen LogP contribution < -0.4 is 0 Å². The fraction of sp³-hybridized carbons (Fsp3) is 0.533. The van der Waals surface area contributed by atoms with E-state index in [-0.39, 0.29) is 0 Å². The quantitative estimate of drug-likeness (QED) is 0.679. The van der Waals surface area contributed by atoms with Gasteiger partial charge in [0.2, 0.25) is 0 Å². The molecule has 1 heteroatoms. The Kier molecular flexibility index (Phi) is 3.13. The highest BCUT2D eigenvalue weighted by molar-refractivity contribution is 5.61. The molecule has 1 heterocycles. The minimum absolute atomic E-state index is 0.803. The van der Waals surface area contributed by atoms with Gasteiger partial charge in [-0.3, -0.25) is 4.98 Å². The summed E-state index contributed by atoms with van der Waals surface area (Å²) in [6, 6.07) is 2.32. The molecule has 0 saturated heterocycles. The maximum absolute atomic E-state index is 4.52. The summed E-state index contributed by atoms with van der Waals surface area (Å²) in [7, 11) is 0. The first-order chi connectivity index (χ1) is 7.79. The van der Waals surface area contributed by atoms with Crippen LogP contribution in [0.25, 0.3) is 6.08 Å². The third-order valence-corrected chi connectivity index (χ3v) is 3.48. The summed E-state index contributed by atoms with van der Waals surface area (Å²) in [4.78, 5) is 4.52. The molecule has 2 unspecified atom stereocenters. The lowest BCUT2D eigenvalue weighted by molar-refractivity contribution is 0.858. The number of hydrogen-bond acceptors (Lipinski definition) is 1. The summed E-state index contributed by atoms with van der Waals surface area (Å²) in [5.41, 5.74) is 5.63. The van der Waals surface area contributed by atoms with Gasteiger partial charge < -0.3 is 0 Å². The molecule has 0 radical (unpaired) electrons. The predicted octanol–water partition coefficient (Wildman–Crippen LogP) is 4.33. The summed E-state index contributed by atoms with van der Waals surface area (Å²) < 4.78 is 0. The number of rotatable bonds is 1. The number of nitrogens with zero attached hydrogens (tertiary/aromatic N) is 1. The van der Waals surface area contributed by atoms with E-state index in [1.165, 1.54) is 29.7 Å². The van der Waals surface area contributed by atoms with E-state index in [1.807, 2.05) is 20.0 Å². The molecular weight excluding hydrogens is 194 g/mol. The van der Waals surface area contributed by atoms with Gasteiger partial charge in [-0.1, -0.05) is 32.4 Å². The Hall–Kier alpha value is -1.11. The Morgan fingerprint density at radius 1 is 1.31 bits per heavy atom. The molecule has 1 nitrogen and oxygen atoms in total. The van der Waals surface area contributed by atoms with Crippen LogP contribution in [0.15, 0.2) is 17.8 Å². The van der Waals surface area contributed by atoms with Gasteiger partial charge in [-0.25, -0.2) is 0 Å². The van der Waals surface area contributed by atoms with Crippen LogP contribution >= 0.6 is 0 Å². The summed E-state index contributed by atoms with van der Waals surface area (Å²) in [6.07, 6.45) is 6.84. The zero-order chi connectivity index (χ0) is 11.7. The van der Waals surface area contributed by atoms with Gasteiger partial charge in [0.05, 0.1) is 5.69 Å². The number of aryl methyl sites for hydroxylation is 1. The van der Waals surface area contributed by atoms with Gasteiger partial charge in [-0.15, -0.1) is 0 Å². The molecule has 3 rings (SSSR count). The summed E-state index contributed by atoms with van der Waals surface area (Å²) >= 11 is 0. The number of pyridine rings is 1. The molecule has 1 saturated carbocycles. The summed E-state index contributed by atoms with van der Waals surface area (Å²) in [6.45, 7) is 8.38. The van der Waals surface area contributed by atoms with Crippen LogP contribution in [0.1, 0.15) is 56.4 Å². The van der Waals surface area contributed by atoms with Crippen molar-refractivity contribution in [2.45, 2.75) is 46.5 Å². The van der Waals surface area contributed by atoms with E-state index in [0.717, 1.165) is 11.8 Å². The molecule has 86 valence electrons. The molecule has 2 aliphatic rings. The molecule has 0 aliphatic heterocycles. The van der Waals surface area contributed by atoms with Crippen LogP contribution in [-0.4, -0.2) is 4.98 Å². The third kappa shape index (κ3) is 1.79. The standard InChI is InChI=1S/C13H15N.C2H6/c1-3-9-5-13-12(11-6-10(9)11)4-8(2)7-14-13;1-2/h4-5,7,10-11H,3,6H2,1-2H3;1-2H3. The molecule has 16 heavy (non-hydrogen) atoms. The lowest BCUT2D eigenvalue weighted by Crippen LogP contribution is -2.00. The summed E-state index contributed by atoms with van der Waals surface area (Å²) in [5.74, 6) is 1.66. The highest BCUT2D eigenvalue weighted by atomic mass is 14.7. The predicted molar refractivity (Wildman–Crippen MR) is 69.4 cm³/mol. The minimum atomic E-state index is 0.803. The van der Waals surface area contributed by atoms with Gasteiger partial charge in [-0.2, -0.15) is 0 Å². The number of aromatic nitrogens is 1. The van der Waals surface area contributed by atoms with Gasteiger partial charge in [0.1, 0.15) is 0 Å². The second-order valence-electron chi connectivity index (χ2n) is 4.51. The van der Waals surface area contributed by atoms with E-state index >= 15 is 0 Å². The zero-order valence-corrected chi connectivity index (χ0v) is 10.7. The minimum Gasteiger partial charge on any atom is -0.256 e. The zero-order valence-electron chi connectivity index (χ0n) is 10.7. The largest absolute Gasteiger partial charge is 0.256 e. The molecule has 1 aromatic heterocycles. The van der Waals surface area contributed by atoms with Gasteiger partial charge in [-0.05, 0) is 48.8 Å². The van der Waals surface area contributed by atoms with Crippen molar-refractivity contribution in [1.29, 1.82) is 0 Å². The maximum atomic E-state index is 4.52. The van der Waals surface area contributed by atoms with E-state index in [0.29, 0.717) is 0 Å². The highest BCUT2D eigenvalue weighted by Crippen LogP contribution is 2.56. The van der Waals surface area contributed by atoms with Crippen molar-refractivity contribution in [3.63, 3.8) is 0 Å². The van der Waals surface area contributed by atoms with Crippen molar-refractivity contribution in [2.75, 3.05) is 0 Å². The van der Waals surface area contributed by atoms with E-state index in [2.05, 4.69) is 31.0 Å². The average molecular weight is 215 g/mol. The van der Waals surface area contributed by atoms with Crippen molar-refractivity contribution in [3.05, 3.63) is 34.7 Å². The fourth-order valence-electron chi connectivity index (χ4n) is 2.62. The van der Waals surface area contributed by atoms with Crippen molar-refractivity contribution < 1.29 is 0 Å². The second kappa shape index (κ2) is 4.40. The first-order valence-corrected chi connectivity index (χ1v) is 6.46. The van der Waals surface area contributed by atoms with Crippen molar-refractivity contribution in [2.24, 2.45) is 5.92 Å². The molecule has 0 bridgehead atoms. The maximum Gasteiger partial charge on any atom is 0.0664 e. The molecule has 2 aliphatic carbocycles. The van der Waals surface area contributed by atoms with Gasteiger partial charge in [0.15, 0.2) is 0 Å². The van der Waals surface area contributed by atoms with Gasteiger partial charge in [0.25, 0.3) is 0 Å². The normalized spacial score (nSPS) is 24.6. The topological polar surface area (TPSA) is 12.9 Å². The van der Waals surface area contributed by atoms with Gasteiger partial charge in [0, 0.05) is 6.20 Å². The van der Waals surface area contributed by atoms with Crippen molar-refractivity contribution >= 4 is 6.08 Å². The van der Waals surface area contributed by atoms with E-state index in [4.69, 9.17) is 0 Å². The third-order valence-electron chi connectivity index (χ3n) is 3.48. The molecular formula is C15H21N. The lowest BCUT2D eigenvalue weighted by atomic mass is 9.94. The number of fused-ring (bicyclic) bond motifs is 3. The second-order valence-corrected chi connectivity index (χ2v) is 4.51. The highest BCUT2D eigenvalue weighted by Gasteiger charge is 2.43. The summed E-state index contributed by atoms with van der Waals surface area (Å²) in [5, 5.41) is 0. The average Bonchev–Trinajstić information content (AvgIpc) is 3.11. The number of allylic oxidation sites excluding steroid dienone is 1. The molecule has 2 atom stereocenters. The Balaban J connectivity index is 0.000000457. The monoisotopic (exact) mass is 215 g/mol. The van der Waals surface area contributed by atoms with Crippen LogP contribution in [0.3, 0.4) is 0 Å².